The van der Waals surface area contributed by atoms with Gasteiger partial charge in [-0.1, -0.05) is 29.3 Å². The Morgan fingerprint density at radius 3 is 2.67 bits per heavy atom. The van der Waals surface area contributed by atoms with Crippen LogP contribution < -0.4 is 0 Å². The summed E-state index contributed by atoms with van der Waals surface area (Å²) < 4.78 is 0. The molecule has 0 aliphatic heterocycles. The Morgan fingerprint density at radius 2 is 2.07 bits per heavy atom. The topological polar surface area (TPSA) is 17.1 Å². The third-order valence-electron chi connectivity index (χ3n) is 2.05. The summed E-state index contributed by atoms with van der Waals surface area (Å²) in [6, 6.07) is 4.95. The molecule has 3 heteroatoms. The first-order valence-electron chi connectivity index (χ1n) is 4.74. The Morgan fingerprint density at radius 1 is 1.33 bits per heavy atom. The highest BCUT2D eigenvalue weighted by atomic mass is 35.5. The second-order valence-corrected chi connectivity index (χ2v) is 4.05. The highest BCUT2D eigenvalue weighted by molar-refractivity contribution is 6.42. The van der Waals surface area contributed by atoms with Gasteiger partial charge in [0.2, 0.25) is 0 Å². The van der Waals surface area contributed by atoms with Crippen LogP contribution in [0.4, 0.5) is 0 Å². The molecule has 0 aromatic heterocycles. The highest BCUT2D eigenvalue weighted by Gasteiger charge is 2.07. The van der Waals surface area contributed by atoms with Crippen LogP contribution in [0, 0.1) is 0 Å². The molecule has 0 aliphatic carbocycles. The van der Waals surface area contributed by atoms with Gasteiger partial charge in [0, 0.05) is 12.0 Å². The largest absolute Gasteiger partial charge is 0.294 e. The summed E-state index contributed by atoms with van der Waals surface area (Å²) in [4.78, 5) is 11.6. The molecule has 1 aromatic carbocycles. The molecule has 0 heterocycles. The van der Waals surface area contributed by atoms with Crippen molar-refractivity contribution < 1.29 is 4.79 Å². The molecule has 0 fully saturated rings. The van der Waals surface area contributed by atoms with E-state index in [0.717, 1.165) is 12.8 Å². The first-order chi connectivity index (χ1) is 7.15. The molecule has 0 N–H and O–H groups in total. The smallest absolute Gasteiger partial charge is 0.162 e. The molecule has 0 spiro atoms. The summed E-state index contributed by atoms with van der Waals surface area (Å²) in [5, 5.41) is 0.894. The van der Waals surface area contributed by atoms with Crippen LogP contribution in [-0.2, 0) is 0 Å². The number of allylic oxidation sites excluding steroid dienone is 1. The first-order valence-corrected chi connectivity index (χ1v) is 5.50. The number of carbonyl (C=O) groups is 1. The summed E-state index contributed by atoms with van der Waals surface area (Å²) in [5.74, 6) is 0.0930. The lowest BCUT2D eigenvalue weighted by atomic mass is 10.1. The Kier molecular flexibility index (Phi) is 4.86. The van der Waals surface area contributed by atoms with Crippen molar-refractivity contribution in [3.8, 4) is 0 Å². The monoisotopic (exact) mass is 242 g/mol. The first kappa shape index (κ1) is 12.3. The predicted molar refractivity (Wildman–Crippen MR) is 64.8 cm³/mol. The molecule has 1 rings (SSSR count). The zero-order valence-corrected chi connectivity index (χ0v) is 9.81. The van der Waals surface area contributed by atoms with Gasteiger partial charge in [0.1, 0.15) is 0 Å². The molecule has 80 valence electrons. The zero-order valence-electron chi connectivity index (χ0n) is 8.30. The zero-order chi connectivity index (χ0) is 11.3. The summed E-state index contributed by atoms with van der Waals surface area (Å²) >= 11 is 11.6. The lowest BCUT2D eigenvalue weighted by Gasteiger charge is -2.01. The molecule has 0 bridgehead atoms. The number of rotatable bonds is 5. The van der Waals surface area contributed by atoms with Gasteiger partial charge in [-0.3, -0.25) is 4.79 Å². The SMILES string of the molecule is C=CCCCC(=O)c1ccc(Cl)c(Cl)c1. The lowest BCUT2D eigenvalue weighted by molar-refractivity contribution is 0.0980. The fourth-order valence-electron chi connectivity index (χ4n) is 1.22. The molecule has 1 aromatic rings. The third-order valence-corrected chi connectivity index (χ3v) is 2.79. The van der Waals surface area contributed by atoms with Crippen molar-refractivity contribution in [2.24, 2.45) is 0 Å². The van der Waals surface area contributed by atoms with Gasteiger partial charge < -0.3 is 0 Å². The van der Waals surface area contributed by atoms with Crippen LogP contribution in [0.2, 0.25) is 10.0 Å². The minimum absolute atomic E-state index is 0.0930. The normalized spacial score (nSPS) is 10.0. The number of Topliss-reactive ketones (excluding diaryl/α,β-unsaturated/α-hetero) is 1. The molecule has 0 aliphatic rings. The van der Waals surface area contributed by atoms with Crippen LogP contribution in [-0.4, -0.2) is 5.78 Å². The number of carbonyl (C=O) groups excluding carboxylic acids is 1. The van der Waals surface area contributed by atoms with Gasteiger partial charge in [-0.25, -0.2) is 0 Å². The standard InChI is InChI=1S/C12H12Cl2O/c1-2-3-4-5-12(15)9-6-7-10(13)11(14)8-9/h2,6-8H,1,3-5H2. The van der Waals surface area contributed by atoms with Crippen LogP contribution in [0.5, 0.6) is 0 Å². The summed E-state index contributed by atoms with van der Waals surface area (Å²) in [6.45, 7) is 3.61. The van der Waals surface area contributed by atoms with Crippen molar-refractivity contribution >= 4 is 29.0 Å². The molecule has 15 heavy (non-hydrogen) atoms. The number of unbranched alkanes of at least 4 members (excludes halogenated alkanes) is 1. The number of hydrogen-bond donors (Lipinski definition) is 0. The minimum atomic E-state index is 0.0930. The Hall–Kier alpha value is -0.790. The van der Waals surface area contributed by atoms with Crippen LogP contribution in [0.1, 0.15) is 29.6 Å². The average molecular weight is 243 g/mol. The number of benzene rings is 1. The predicted octanol–water partition coefficient (Wildman–Crippen LogP) is 4.53. The maximum atomic E-state index is 11.6. The summed E-state index contributed by atoms with van der Waals surface area (Å²) in [5.41, 5.74) is 0.619. The Balaban J connectivity index is 2.65. The van der Waals surface area contributed by atoms with Crippen molar-refractivity contribution in [2.45, 2.75) is 19.3 Å². The van der Waals surface area contributed by atoms with E-state index in [-0.39, 0.29) is 5.78 Å². The van der Waals surface area contributed by atoms with Crippen LogP contribution in [0.15, 0.2) is 30.9 Å². The van der Waals surface area contributed by atoms with Gasteiger partial charge in [0.25, 0.3) is 0 Å². The van der Waals surface area contributed by atoms with Gasteiger partial charge in [-0.15, -0.1) is 6.58 Å². The number of hydrogen-bond acceptors (Lipinski definition) is 1. The summed E-state index contributed by atoms with van der Waals surface area (Å²) in [6.07, 6.45) is 4.00. The van der Waals surface area contributed by atoms with E-state index in [1.54, 1.807) is 18.2 Å². The van der Waals surface area contributed by atoms with Gasteiger partial charge in [0.05, 0.1) is 10.0 Å². The molecular formula is C12H12Cl2O. The van der Waals surface area contributed by atoms with Gasteiger partial charge >= 0.3 is 0 Å². The average Bonchev–Trinajstić information content (AvgIpc) is 2.22. The van der Waals surface area contributed by atoms with E-state index in [9.17, 15) is 4.79 Å². The van der Waals surface area contributed by atoms with E-state index in [2.05, 4.69) is 6.58 Å². The van der Waals surface area contributed by atoms with Crippen LogP contribution in [0.3, 0.4) is 0 Å². The van der Waals surface area contributed by atoms with Crippen molar-refractivity contribution in [1.29, 1.82) is 0 Å². The maximum Gasteiger partial charge on any atom is 0.162 e. The lowest BCUT2D eigenvalue weighted by Crippen LogP contribution is -1.98. The molecule has 0 saturated carbocycles. The van der Waals surface area contributed by atoms with E-state index >= 15 is 0 Å². The van der Waals surface area contributed by atoms with E-state index in [4.69, 9.17) is 23.2 Å². The molecule has 0 saturated heterocycles. The van der Waals surface area contributed by atoms with Crippen molar-refractivity contribution in [2.75, 3.05) is 0 Å². The minimum Gasteiger partial charge on any atom is -0.294 e. The highest BCUT2D eigenvalue weighted by Crippen LogP contribution is 2.23. The van der Waals surface area contributed by atoms with Gasteiger partial charge in [-0.2, -0.15) is 0 Å². The third kappa shape index (κ3) is 3.69. The molecule has 0 atom stereocenters. The van der Waals surface area contributed by atoms with Crippen molar-refractivity contribution in [3.05, 3.63) is 46.5 Å². The second-order valence-electron chi connectivity index (χ2n) is 3.23. The van der Waals surface area contributed by atoms with E-state index in [1.165, 1.54) is 0 Å². The van der Waals surface area contributed by atoms with Crippen molar-refractivity contribution in [1.82, 2.24) is 0 Å². The Bertz CT molecular complexity index is 372. The van der Waals surface area contributed by atoms with Crippen LogP contribution in [0.25, 0.3) is 0 Å². The number of ketones is 1. The molecule has 0 amide bonds. The molecular weight excluding hydrogens is 231 g/mol. The second kappa shape index (κ2) is 5.94. The van der Waals surface area contributed by atoms with Crippen molar-refractivity contribution in [3.63, 3.8) is 0 Å². The fourth-order valence-corrected chi connectivity index (χ4v) is 1.52. The maximum absolute atomic E-state index is 11.6. The Labute approximate surface area is 99.7 Å². The van der Waals surface area contributed by atoms with E-state index < -0.39 is 0 Å². The summed E-state index contributed by atoms with van der Waals surface area (Å²) in [7, 11) is 0. The van der Waals surface area contributed by atoms with Crippen LogP contribution >= 0.6 is 23.2 Å². The molecule has 0 radical (unpaired) electrons. The molecule has 0 unspecified atom stereocenters. The van der Waals surface area contributed by atoms with Gasteiger partial charge in [-0.05, 0) is 31.0 Å². The number of halogens is 2. The molecule has 1 nitrogen and oxygen atoms in total. The van der Waals surface area contributed by atoms with Gasteiger partial charge in [0.15, 0.2) is 5.78 Å². The van der Waals surface area contributed by atoms with E-state index in [0.29, 0.717) is 22.0 Å². The van der Waals surface area contributed by atoms with E-state index in [1.807, 2.05) is 6.08 Å². The fraction of sp³-hybridized carbons (Fsp3) is 0.250. The quantitative estimate of drug-likeness (QED) is 0.421.